The highest BCUT2D eigenvalue weighted by Crippen LogP contribution is 2.32. The second kappa shape index (κ2) is 5.13. The van der Waals surface area contributed by atoms with Crippen molar-refractivity contribution in [2.75, 3.05) is 11.4 Å². The lowest BCUT2D eigenvalue weighted by Crippen LogP contribution is -2.65. The maximum absolute atomic E-state index is 12.5. The van der Waals surface area contributed by atoms with Crippen LogP contribution in [0.15, 0.2) is 22.7 Å². The summed E-state index contributed by atoms with van der Waals surface area (Å²) in [6, 6.07) is 5.17. The van der Waals surface area contributed by atoms with Crippen molar-refractivity contribution >= 4 is 45.0 Å². The number of anilines is 1. The molecule has 0 aromatic heterocycles. The molecule has 2 amide bonds. The van der Waals surface area contributed by atoms with Gasteiger partial charge in [-0.3, -0.25) is 14.5 Å². The first-order valence-corrected chi connectivity index (χ1v) is 7.12. The van der Waals surface area contributed by atoms with Crippen LogP contribution in [0.4, 0.5) is 5.69 Å². The molecule has 1 atom stereocenters. The average molecular weight is 346 g/mol. The molecule has 1 unspecified atom stereocenters. The molecule has 0 spiro atoms. The Morgan fingerprint density at radius 1 is 1.47 bits per heavy atom. The largest absolute Gasteiger partial charge is 0.340 e. The standard InChI is InChI=1S/C13H14BrClN2O2/c1-3-13(2)12(19)17(7-11(18)16-13)10-6-8(15)4-5-9(10)14/h4-6H,3,7H2,1-2H3,(H,16,18). The molecule has 19 heavy (non-hydrogen) atoms. The second-order valence-electron chi connectivity index (χ2n) is 4.72. The summed E-state index contributed by atoms with van der Waals surface area (Å²) >= 11 is 9.35. The summed E-state index contributed by atoms with van der Waals surface area (Å²) in [5.41, 5.74) is -0.246. The molecule has 1 aliphatic rings. The Morgan fingerprint density at radius 2 is 2.16 bits per heavy atom. The van der Waals surface area contributed by atoms with Gasteiger partial charge in [0, 0.05) is 9.50 Å². The van der Waals surface area contributed by atoms with Crippen molar-refractivity contribution in [3.05, 3.63) is 27.7 Å². The van der Waals surface area contributed by atoms with E-state index in [1.807, 2.05) is 6.92 Å². The first-order valence-electron chi connectivity index (χ1n) is 5.95. The zero-order valence-electron chi connectivity index (χ0n) is 10.7. The zero-order chi connectivity index (χ0) is 14.2. The van der Waals surface area contributed by atoms with Crippen LogP contribution in [0.5, 0.6) is 0 Å². The van der Waals surface area contributed by atoms with E-state index >= 15 is 0 Å². The highest BCUT2D eigenvalue weighted by molar-refractivity contribution is 9.10. The number of rotatable bonds is 2. The van der Waals surface area contributed by atoms with Gasteiger partial charge in [0.2, 0.25) is 5.91 Å². The maximum atomic E-state index is 12.5. The normalized spacial score (nSPS) is 23.5. The summed E-state index contributed by atoms with van der Waals surface area (Å²) in [4.78, 5) is 25.8. The predicted octanol–water partition coefficient (Wildman–Crippen LogP) is 2.73. The number of amides is 2. The topological polar surface area (TPSA) is 49.4 Å². The summed E-state index contributed by atoms with van der Waals surface area (Å²) in [6.45, 7) is 3.61. The van der Waals surface area contributed by atoms with Gasteiger partial charge < -0.3 is 5.32 Å². The number of hydrogen-bond donors (Lipinski definition) is 1. The lowest BCUT2D eigenvalue weighted by Gasteiger charge is -2.39. The summed E-state index contributed by atoms with van der Waals surface area (Å²) in [5, 5.41) is 3.27. The minimum absolute atomic E-state index is 0.00731. The van der Waals surface area contributed by atoms with Crippen LogP contribution in [-0.4, -0.2) is 23.9 Å². The lowest BCUT2D eigenvalue weighted by atomic mass is 9.94. The highest BCUT2D eigenvalue weighted by Gasteiger charge is 2.42. The third kappa shape index (κ3) is 2.62. The molecule has 1 saturated heterocycles. The number of benzene rings is 1. The number of nitrogens with one attached hydrogen (secondary N) is 1. The van der Waals surface area contributed by atoms with Gasteiger partial charge in [-0.25, -0.2) is 0 Å². The Kier molecular flexibility index (Phi) is 3.87. The van der Waals surface area contributed by atoms with E-state index in [0.717, 1.165) is 4.47 Å². The monoisotopic (exact) mass is 344 g/mol. The van der Waals surface area contributed by atoms with Crippen molar-refractivity contribution < 1.29 is 9.59 Å². The molecule has 1 aromatic carbocycles. The minimum atomic E-state index is -0.864. The number of nitrogens with zero attached hydrogens (tertiary/aromatic N) is 1. The fraction of sp³-hybridized carbons (Fsp3) is 0.385. The average Bonchev–Trinajstić information content (AvgIpc) is 2.37. The van der Waals surface area contributed by atoms with Gasteiger partial charge in [-0.2, -0.15) is 0 Å². The van der Waals surface area contributed by atoms with Crippen molar-refractivity contribution in [2.45, 2.75) is 25.8 Å². The number of hydrogen-bond acceptors (Lipinski definition) is 2. The molecule has 0 saturated carbocycles. The van der Waals surface area contributed by atoms with E-state index in [2.05, 4.69) is 21.2 Å². The molecule has 2 rings (SSSR count). The van der Waals surface area contributed by atoms with E-state index in [-0.39, 0.29) is 18.4 Å². The minimum Gasteiger partial charge on any atom is -0.340 e. The molecule has 1 N–H and O–H groups in total. The Hall–Kier alpha value is -1.07. The zero-order valence-corrected chi connectivity index (χ0v) is 13.0. The number of halogens is 2. The van der Waals surface area contributed by atoms with Crippen LogP contribution < -0.4 is 10.2 Å². The van der Waals surface area contributed by atoms with Crippen LogP contribution in [0.3, 0.4) is 0 Å². The van der Waals surface area contributed by atoms with Gasteiger partial charge >= 0.3 is 0 Å². The summed E-state index contributed by atoms with van der Waals surface area (Å²) in [7, 11) is 0. The van der Waals surface area contributed by atoms with E-state index < -0.39 is 5.54 Å². The maximum Gasteiger partial charge on any atom is 0.252 e. The molecule has 0 radical (unpaired) electrons. The predicted molar refractivity (Wildman–Crippen MR) is 78.3 cm³/mol. The van der Waals surface area contributed by atoms with Crippen LogP contribution >= 0.6 is 27.5 Å². The van der Waals surface area contributed by atoms with Gasteiger partial charge in [-0.15, -0.1) is 0 Å². The number of carbonyl (C=O) groups is 2. The van der Waals surface area contributed by atoms with Crippen molar-refractivity contribution in [1.29, 1.82) is 0 Å². The van der Waals surface area contributed by atoms with Gasteiger partial charge in [-0.05, 0) is 47.5 Å². The molecule has 1 heterocycles. The molecular formula is C13H14BrClN2O2. The first kappa shape index (κ1) is 14.3. The first-order chi connectivity index (χ1) is 8.87. The molecule has 1 aromatic rings. The van der Waals surface area contributed by atoms with Crippen LogP contribution in [0.2, 0.25) is 5.02 Å². The van der Waals surface area contributed by atoms with E-state index in [1.165, 1.54) is 4.90 Å². The van der Waals surface area contributed by atoms with E-state index in [4.69, 9.17) is 11.6 Å². The molecule has 102 valence electrons. The molecule has 6 heteroatoms. The van der Waals surface area contributed by atoms with Gasteiger partial charge in [0.15, 0.2) is 0 Å². The van der Waals surface area contributed by atoms with Gasteiger partial charge in [0.25, 0.3) is 5.91 Å². The SMILES string of the molecule is CCC1(C)NC(=O)CN(c2cc(Cl)ccc2Br)C1=O. The molecule has 4 nitrogen and oxygen atoms in total. The Balaban J connectivity index is 2.46. The van der Waals surface area contributed by atoms with Crippen LogP contribution in [0.25, 0.3) is 0 Å². The molecule has 1 fully saturated rings. The van der Waals surface area contributed by atoms with Crippen molar-refractivity contribution in [1.82, 2.24) is 5.32 Å². The fourth-order valence-corrected chi connectivity index (χ4v) is 2.67. The van der Waals surface area contributed by atoms with Crippen LogP contribution in [0.1, 0.15) is 20.3 Å². The van der Waals surface area contributed by atoms with Crippen LogP contribution in [-0.2, 0) is 9.59 Å². The van der Waals surface area contributed by atoms with Gasteiger partial charge in [0.1, 0.15) is 12.1 Å². The van der Waals surface area contributed by atoms with E-state index in [9.17, 15) is 9.59 Å². The van der Waals surface area contributed by atoms with E-state index in [1.54, 1.807) is 25.1 Å². The number of carbonyl (C=O) groups excluding carboxylic acids is 2. The fourth-order valence-electron chi connectivity index (χ4n) is 2.04. The van der Waals surface area contributed by atoms with E-state index in [0.29, 0.717) is 17.1 Å². The quantitative estimate of drug-likeness (QED) is 0.896. The summed E-state index contributed by atoms with van der Waals surface area (Å²) < 4.78 is 0.735. The van der Waals surface area contributed by atoms with Crippen molar-refractivity contribution in [3.8, 4) is 0 Å². The van der Waals surface area contributed by atoms with Gasteiger partial charge in [0.05, 0.1) is 5.69 Å². The van der Waals surface area contributed by atoms with Crippen LogP contribution in [0, 0.1) is 0 Å². The molecule has 0 aliphatic carbocycles. The summed E-state index contributed by atoms with van der Waals surface area (Å²) in [6.07, 6.45) is 0.534. The smallest absolute Gasteiger partial charge is 0.252 e. The lowest BCUT2D eigenvalue weighted by molar-refractivity contribution is -0.135. The van der Waals surface area contributed by atoms with Crippen molar-refractivity contribution in [3.63, 3.8) is 0 Å². The second-order valence-corrected chi connectivity index (χ2v) is 6.01. The Bertz CT molecular complexity index is 549. The summed E-state index contributed by atoms with van der Waals surface area (Å²) in [5.74, 6) is -0.298. The van der Waals surface area contributed by atoms with Gasteiger partial charge in [-0.1, -0.05) is 18.5 Å². The Morgan fingerprint density at radius 3 is 2.79 bits per heavy atom. The number of piperazine rings is 1. The third-order valence-electron chi connectivity index (χ3n) is 3.34. The Labute approximate surface area is 125 Å². The van der Waals surface area contributed by atoms with Crippen molar-refractivity contribution in [2.24, 2.45) is 0 Å². The molecule has 1 aliphatic heterocycles. The highest BCUT2D eigenvalue weighted by atomic mass is 79.9. The molecular weight excluding hydrogens is 332 g/mol. The third-order valence-corrected chi connectivity index (χ3v) is 4.25. The molecule has 0 bridgehead atoms.